The zero-order valence-electron chi connectivity index (χ0n) is 26.7. The van der Waals surface area contributed by atoms with Gasteiger partial charge in [-0.05, 0) is 64.1 Å². The number of ketones is 1. The lowest BCUT2D eigenvalue weighted by Gasteiger charge is -2.38. The van der Waals surface area contributed by atoms with E-state index in [1.54, 1.807) is 51.1 Å². The molecule has 15 nitrogen and oxygen atoms in total. The second-order valence-electron chi connectivity index (χ2n) is 11.1. The third kappa shape index (κ3) is 10.9. The fourth-order valence-corrected chi connectivity index (χ4v) is 5.65. The molecule has 0 aliphatic carbocycles. The monoisotopic (exact) mass is 741 g/mol. The Morgan fingerprint density at radius 2 is 1.61 bits per heavy atom. The van der Waals surface area contributed by atoms with Crippen LogP contribution in [0.25, 0.3) is 0 Å². The molecular weight excluding hydrogens is 709 g/mol. The van der Waals surface area contributed by atoms with Crippen molar-refractivity contribution in [2.75, 3.05) is 25.3 Å². The molecule has 2 aromatic carbocycles. The molecule has 49 heavy (non-hydrogen) atoms. The van der Waals surface area contributed by atoms with Crippen molar-refractivity contribution in [3.05, 3.63) is 81.7 Å². The summed E-state index contributed by atoms with van der Waals surface area (Å²) >= 11 is 12.0. The van der Waals surface area contributed by atoms with Crippen LogP contribution in [0.2, 0.25) is 10.0 Å². The first-order chi connectivity index (χ1) is 22.9. The Morgan fingerprint density at radius 1 is 0.939 bits per heavy atom. The summed E-state index contributed by atoms with van der Waals surface area (Å²) in [5.41, 5.74) is -0.818. The maximum Gasteiger partial charge on any atom is 0.420 e. The van der Waals surface area contributed by atoms with Crippen molar-refractivity contribution >= 4 is 68.7 Å². The molecule has 0 saturated heterocycles. The number of primary sulfonamides is 1. The van der Waals surface area contributed by atoms with Gasteiger partial charge in [0.25, 0.3) is 0 Å². The van der Waals surface area contributed by atoms with Gasteiger partial charge in [-0.15, -0.1) is 0 Å². The number of amides is 1. The molecule has 18 heteroatoms. The van der Waals surface area contributed by atoms with Crippen LogP contribution in [-0.2, 0) is 45.1 Å². The molecule has 1 amide bonds. The second kappa shape index (κ2) is 16.6. The van der Waals surface area contributed by atoms with Crippen molar-refractivity contribution in [3.8, 4) is 0 Å². The first-order valence-corrected chi connectivity index (χ1v) is 16.6. The van der Waals surface area contributed by atoms with Crippen LogP contribution < -0.4 is 10.5 Å². The topological polar surface area (TPSA) is 211 Å². The summed E-state index contributed by atoms with van der Waals surface area (Å²) in [5.74, 6) is -3.99. The van der Waals surface area contributed by atoms with E-state index in [2.05, 4.69) is 10.1 Å². The van der Waals surface area contributed by atoms with Crippen molar-refractivity contribution in [2.24, 2.45) is 5.14 Å². The highest BCUT2D eigenvalue weighted by molar-refractivity contribution is 7.89. The number of carbonyl (C=O) groups is 5. The Morgan fingerprint density at radius 3 is 2.22 bits per heavy atom. The molecule has 3 aromatic rings. The number of Topliss-reactive ketones (excluding diaryl/α,β-unsaturated/α-hetero) is 1. The van der Waals surface area contributed by atoms with Crippen LogP contribution >= 0.6 is 23.2 Å². The summed E-state index contributed by atoms with van der Waals surface area (Å²) in [6.45, 7) is 4.44. The smallest absolute Gasteiger partial charge is 0.420 e. The number of nitrogens with one attached hydrogen (secondary N) is 1. The van der Waals surface area contributed by atoms with Crippen molar-refractivity contribution in [2.45, 2.75) is 50.7 Å². The third-order valence-corrected chi connectivity index (χ3v) is 8.13. The van der Waals surface area contributed by atoms with E-state index in [9.17, 15) is 32.4 Å². The molecule has 0 aliphatic heterocycles. The van der Waals surface area contributed by atoms with Gasteiger partial charge >= 0.3 is 24.0 Å². The molecule has 264 valence electrons. The number of rotatable bonds is 13. The summed E-state index contributed by atoms with van der Waals surface area (Å²) < 4.78 is 48.6. The lowest BCUT2D eigenvalue weighted by molar-refractivity contribution is -0.173. The van der Waals surface area contributed by atoms with Gasteiger partial charge in [0.05, 0.1) is 35.1 Å². The molecule has 1 heterocycles. The number of anilines is 1. The lowest BCUT2D eigenvalue weighted by atomic mass is 9.98. The van der Waals surface area contributed by atoms with E-state index in [0.29, 0.717) is 10.8 Å². The lowest BCUT2D eigenvalue weighted by Crippen LogP contribution is -2.53. The van der Waals surface area contributed by atoms with Crippen molar-refractivity contribution in [3.63, 3.8) is 0 Å². The Bertz CT molecular complexity index is 1810. The molecule has 0 fully saturated rings. The summed E-state index contributed by atoms with van der Waals surface area (Å²) in [6.07, 6.45) is 0.428. The van der Waals surface area contributed by atoms with E-state index < -0.39 is 76.3 Å². The first-order valence-electron chi connectivity index (χ1n) is 14.3. The van der Waals surface area contributed by atoms with E-state index in [4.69, 9.17) is 47.0 Å². The average Bonchev–Trinajstić information content (AvgIpc) is 3.54. The number of halogens is 2. The maximum atomic E-state index is 13.0. The summed E-state index contributed by atoms with van der Waals surface area (Å²) in [6, 6.07) is 10.6. The molecule has 0 aliphatic rings. The van der Waals surface area contributed by atoms with Gasteiger partial charge in [-0.25, -0.2) is 32.7 Å². The minimum atomic E-state index is -4.32. The van der Waals surface area contributed by atoms with Crippen LogP contribution in [0, 0.1) is 0 Å². The molecule has 1 atom stereocenters. The van der Waals surface area contributed by atoms with Crippen LogP contribution in [0.15, 0.2) is 64.1 Å². The molecule has 0 saturated carbocycles. The summed E-state index contributed by atoms with van der Waals surface area (Å²) in [7, 11) is -4.32. The number of ether oxygens (including phenoxy) is 4. The fourth-order valence-electron chi connectivity index (χ4n) is 4.36. The standard InChI is InChI=1S/C31H33Cl2N3O12S/c1-18(26(37)19-7-5-8-20(32)13-19)36(31(2,3)4)30(41)48-17-47-29(40)28(39)46-12-11-45-27(38)22-14-25(49(34,42)43)23(33)15-24(22)35-16-21-9-6-10-44-21/h5-10,13-15,18,35H,11-12,16-17H2,1-4H3,(H2,34,42,43). The number of esters is 3. The van der Waals surface area contributed by atoms with Crippen LogP contribution in [0.5, 0.6) is 0 Å². The zero-order chi connectivity index (χ0) is 36.5. The molecular formula is C31H33Cl2N3O12S. The summed E-state index contributed by atoms with van der Waals surface area (Å²) in [5, 5.41) is 8.16. The number of hydrogen-bond acceptors (Lipinski definition) is 13. The highest BCUT2D eigenvalue weighted by atomic mass is 35.5. The van der Waals surface area contributed by atoms with E-state index in [0.717, 1.165) is 11.0 Å². The molecule has 0 radical (unpaired) electrons. The average molecular weight is 743 g/mol. The normalized spacial score (nSPS) is 12.0. The number of benzene rings is 2. The number of hydrogen-bond donors (Lipinski definition) is 2. The van der Waals surface area contributed by atoms with Crippen molar-refractivity contribution < 1.29 is 55.8 Å². The van der Waals surface area contributed by atoms with Crippen LogP contribution in [0.3, 0.4) is 0 Å². The van der Waals surface area contributed by atoms with Crippen LogP contribution in [-0.4, -0.2) is 74.7 Å². The van der Waals surface area contributed by atoms with Crippen LogP contribution in [0.4, 0.5) is 10.5 Å². The number of furan rings is 1. The largest absolute Gasteiger partial charge is 0.467 e. The van der Waals surface area contributed by atoms with Gasteiger partial charge in [0, 0.05) is 16.1 Å². The van der Waals surface area contributed by atoms with E-state index in [1.807, 2.05) is 0 Å². The maximum absolute atomic E-state index is 13.0. The SMILES string of the molecule is CC(C(=O)c1cccc(Cl)c1)N(C(=O)OCOC(=O)C(=O)OCCOC(=O)c1cc(S(N)(=O)=O)c(Cl)cc1NCc1ccco1)C(C)(C)C. The van der Waals surface area contributed by atoms with Crippen molar-refractivity contribution in [1.29, 1.82) is 0 Å². The highest BCUT2D eigenvalue weighted by Crippen LogP contribution is 2.29. The minimum Gasteiger partial charge on any atom is -0.467 e. The number of sulfonamides is 1. The van der Waals surface area contributed by atoms with E-state index >= 15 is 0 Å². The molecule has 0 spiro atoms. The molecule has 3 rings (SSSR count). The van der Waals surface area contributed by atoms with Gasteiger partial charge in [0.15, 0.2) is 5.78 Å². The number of nitrogens with zero attached hydrogens (tertiary/aromatic N) is 1. The van der Waals surface area contributed by atoms with E-state index in [-0.39, 0.29) is 28.4 Å². The molecule has 0 bridgehead atoms. The Hall–Kier alpha value is -4.64. The predicted octanol–water partition coefficient (Wildman–Crippen LogP) is 4.56. The minimum absolute atomic E-state index is 0.0853. The molecule has 3 N–H and O–H groups in total. The molecule has 1 aromatic heterocycles. The predicted molar refractivity (Wildman–Crippen MR) is 174 cm³/mol. The van der Waals surface area contributed by atoms with Gasteiger partial charge in [-0.1, -0.05) is 35.3 Å². The van der Waals surface area contributed by atoms with Gasteiger partial charge in [-0.3, -0.25) is 9.69 Å². The van der Waals surface area contributed by atoms with Gasteiger partial charge < -0.3 is 28.7 Å². The van der Waals surface area contributed by atoms with Crippen molar-refractivity contribution in [1.82, 2.24) is 4.90 Å². The Labute approximate surface area is 291 Å². The first kappa shape index (κ1) is 38.8. The fraction of sp³-hybridized carbons (Fsp3) is 0.323. The second-order valence-corrected chi connectivity index (χ2v) is 13.5. The summed E-state index contributed by atoms with van der Waals surface area (Å²) in [4.78, 5) is 63.6. The van der Waals surface area contributed by atoms with Gasteiger partial charge in [0.1, 0.15) is 23.9 Å². The Kier molecular flexibility index (Phi) is 13.2. The number of carbonyl (C=O) groups excluding carboxylic acids is 5. The van der Waals surface area contributed by atoms with E-state index in [1.165, 1.54) is 25.3 Å². The Balaban J connectivity index is 1.52. The number of nitrogens with two attached hydrogens (primary N) is 1. The van der Waals surface area contributed by atoms with Gasteiger partial charge in [0.2, 0.25) is 16.8 Å². The quantitative estimate of drug-likeness (QED) is 0.0615. The molecule has 1 unspecified atom stereocenters. The highest BCUT2D eigenvalue weighted by Gasteiger charge is 2.36. The van der Waals surface area contributed by atoms with Gasteiger partial charge in [-0.2, -0.15) is 0 Å². The van der Waals surface area contributed by atoms with Crippen LogP contribution in [0.1, 0.15) is 54.2 Å². The third-order valence-electron chi connectivity index (χ3n) is 6.52. The zero-order valence-corrected chi connectivity index (χ0v) is 29.0.